The van der Waals surface area contributed by atoms with E-state index >= 15 is 0 Å². The first-order chi connectivity index (χ1) is 7.31. The zero-order valence-electron chi connectivity index (χ0n) is 8.33. The molecule has 0 aromatic heterocycles. The zero-order valence-corrected chi connectivity index (χ0v) is 9.08. The minimum atomic E-state index is 0.641. The first-order valence-corrected chi connectivity index (χ1v) is 4.99. The van der Waals surface area contributed by atoms with E-state index in [1.807, 2.05) is 36.4 Å². The molecule has 2 rings (SSSR count). The van der Waals surface area contributed by atoms with Gasteiger partial charge in [0.2, 0.25) is 0 Å². The van der Waals surface area contributed by atoms with Crippen molar-refractivity contribution < 1.29 is 4.74 Å². The Morgan fingerprint density at radius 1 is 1.13 bits per heavy atom. The lowest BCUT2D eigenvalue weighted by atomic mass is 10.1. The Morgan fingerprint density at radius 3 is 2.47 bits per heavy atom. The first-order valence-electron chi connectivity index (χ1n) is 4.62. The number of rotatable bonds is 2. The van der Waals surface area contributed by atoms with Crippen molar-refractivity contribution in [2.24, 2.45) is 0 Å². The van der Waals surface area contributed by atoms with E-state index in [4.69, 9.17) is 16.3 Å². The third-order valence-corrected chi connectivity index (χ3v) is 2.52. The quantitative estimate of drug-likeness (QED) is 0.743. The number of ether oxygens (including phenoxy) is 1. The van der Waals surface area contributed by atoms with Crippen LogP contribution < -0.4 is 4.74 Å². The molecule has 2 heteroatoms. The third kappa shape index (κ3) is 2.13. The van der Waals surface area contributed by atoms with Crippen molar-refractivity contribution in [1.82, 2.24) is 0 Å². The van der Waals surface area contributed by atoms with Gasteiger partial charge in [-0.05, 0) is 17.7 Å². The predicted octanol–water partition coefficient (Wildman–Crippen LogP) is 3.82. The van der Waals surface area contributed by atoms with Crippen LogP contribution in [0.4, 0.5) is 0 Å². The second kappa shape index (κ2) is 4.37. The van der Waals surface area contributed by atoms with Gasteiger partial charge in [0.05, 0.1) is 12.1 Å². The van der Waals surface area contributed by atoms with Crippen LogP contribution in [0.1, 0.15) is 0 Å². The third-order valence-electron chi connectivity index (χ3n) is 2.21. The van der Waals surface area contributed by atoms with Crippen LogP contribution in [0.25, 0.3) is 11.1 Å². The van der Waals surface area contributed by atoms with Crippen molar-refractivity contribution in [1.29, 1.82) is 0 Å². The molecular weight excluding hydrogens is 208 g/mol. The van der Waals surface area contributed by atoms with E-state index in [1.54, 1.807) is 13.2 Å². The lowest BCUT2D eigenvalue weighted by Gasteiger charge is -2.05. The Hall–Kier alpha value is -1.47. The topological polar surface area (TPSA) is 9.23 Å². The summed E-state index contributed by atoms with van der Waals surface area (Å²) in [5.74, 6) is 0.842. The van der Waals surface area contributed by atoms with E-state index in [2.05, 4.69) is 6.07 Å². The van der Waals surface area contributed by atoms with Crippen LogP contribution in [0.2, 0.25) is 5.02 Å². The molecule has 2 aromatic rings. The van der Waals surface area contributed by atoms with Crippen molar-refractivity contribution in [3.8, 4) is 16.9 Å². The van der Waals surface area contributed by atoms with E-state index in [1.165, 1.54) is 0 Å². The Kier molecular flexibility index (Phi) is 2.93. The largest absolute Gasteiger partial charge is 0.497 e. The van der Waals surface area contributed by atoms with Gasteiger partial charge in [-0.1, -0.05) is 41.9 Å². The maximum absolute atomic E-state index is 6.05. The second-order valence-electron chi connectivity index (χ2n) is 3.13. The van der Waals surface area contributed by atoms with Crippen molar-refractivity contribution in [3.05, 3.63) is 53.6 Å². The highest BCUT2D eigenvalue weighted by Gasteiger charge is 2.02. The molecular formula is C13H10ClO. The molecule has 0 aliphatic carbocycles. The minimum Gasteiger partial charge on any atom is -0.497 e. The van der Waals surface area contributed by atoms with Crippen LogP contribution in [-0.4, -0.2) is 7.11 Å². The summed E-state index contributed by atoms with van der Waals surface area (Å²) in [6, 6.07) is 16.4. The van der Waals surface area contributed by atoms with E-state index < -0.39 is 0 Å². The van der Waals surface area contributed by atoms with Gasteiger partial charge in [-0.3, -0.25) is 0 Å². The molecule has 0 amide bonds. The van der Waals surface area contributed by atoms with Gasteiger partial charge < -0.3 is 4.74 Å². The van der Waals surface area contributed by atoms with Crippen LogP contribution in [0.5, 0.6) is 5.75 Å². The maximum atomic E-state index is 6.05. The van der Waals surface area contributed by atoms with Crippen LogP contribution in [0.15, 0.2) is 42.5 Å². The molecule has 0 fully saturated rings. The summed E-state index contributed by atoms with van der Waals surface area (Å²) >= 11 is 6.05. The lowest BCUT2D eigenvalue weighted by molar-refractivity contribution is 0.415. The van der Waals surface area contributed by atoms with Crippen molar-refractivity contribution in [3.63, 3.8) is 0 Å². The van der Waals surface area contributed by atoms with E-state index in [0.29, 0.717) is 5.02 Å². The van der Waals surface area contributed by atoms with Gasteiger partial charge >= 0.3 is 0 Å². The standard InChI is InChI=1S/C13H10ClO/c1-15-11-8-6-10(7-9-11)12-4-2-3-5-13(12)14/h2-4,6-9H,1H3. The van der Waals surface area contributed by atoms with Gasteiger partial charge in [0.25, 0.3) is 0 Å². The Bertz CT molecular complexity index is 448. The maximum Gasteiger partial charge on any atom is 0.118 e. The molecule has 0 aliphatic rings. The molecule has 0 N–H and O–H groups in total. The number of hydrogen-bond donors (Lipinski definition) is 0. The molecule has 0 aliphatic heterocycles. The molecule has 1 nitrogen and oxygen atoms in total. The average Bonchev–Trinajstić information content (AvgIpc) is 2.30. The molecule has 0 bridgehead atoms. The molecule has 15 heavy (non-hydrogen) atoms. The zero-order chi connectivity index (χ0) is 10.7. The number of hydrogen-bond acceptors (Lipinski definition) is 1. The van der Waals surface area contributed by atoms with Crippen LogP contribution in [-0.2, 0) is 0 Å². The van der Waals surface area contributed by atoms with Gasteiger partial charge in [0.15, 0.2) is 0 Å². The second-order valence-corrected chi connectivity index (χ2v) is 3.50. The minimum absolute atomic E-state index is 0.641. The summed E-state index contributed by atoms with van der Waals surface area (Å²) in [6.07, 6.45) is 0. The highest BCUT2D eigenvalue weighted by molar-refractivity contribution is 6.33. The summed E-state index contributed by atoms with van der Waals surface area (Å²) in [5.41, 5.74) is 2.06. The SMILES string of the molecule is COc1ccc(-c2ccc[c]c2Cl)cc1. The van der Waals surface area contributed by atoms with Gasteiger partial charge in [-0.15, -0.1) is 0 Å². The summed E-state index contributed by atoms with van der Waals surface area (Å²) in [4.78, 5) is 0. The summed E-state index contributed by atoms with van der Waals surface area (Å²) in [7, 11) is 1.65. The van der Waals surface area contributed by atoms with Gasteiger partial charge in [-0.2, -0.15) is 0 Å². The van der Waals surface area contributed by atoms with E-state index in [-0.39, 0.29) is 0 Å². The summed E-state index contributed by atoms with van der Waals surface area (Å²) < 4.78 is 5.09. The summed E-state index contributed by atoms with van der Waals surface area (Å²) in [6.45, 7) is 0. The number of methoxy groups -OCH3 is 1. The molecule has 0 atom stereocenters. The van der Waals surface area contributed by atoms with Gasteiger partial charge in [0.1, 0.15) is 5.75 Å². The lowest BCUT2D eigenvalue weighted by Crippen LogP contribution is -1.83. The molecule has 75 valence electrons. The van der Waals surface area contributed by atoms with E-state index in [0.717, 1.165) is 16.9 Å². The first kappa shape index (κ1) is 10.1. The fourth-order valence-corrected chi connectivity index (χ4v) is 1.65. The average molecular weight is 218 g/mol. The number of benzene rings is 2. The Balaban J connectivity index is 2.42. The normalized spacial score (nSPS) is 10.0. The van der Waals surface area contributed by atoms with Crippen molar-refractivity contribution >= 4 is 11.6 Å². The monoisotopic (exact) mass is 217 g/mol. The summed E-state index contributed by atoms with van der Waals surface area (Å²) in [5, 5.41) is 0.641. The molecule has 2 aromatic carbocycles. The van der Waals surface area contributed by atoms with Crippen molar-refractivity contribution in [2.75, 3.05) is 7.11 Å². The van der Waals surface area contributed by atoms with Crippen LogP contribution >= 0.6 is 11.6 Å². The van der Waals surface area contributed by atoms with Crippen LogP contribution in [0, 0.1) is 6.07 Å². The molecule has 0 unspecified atom stereocenters. The van der Waals surface area contributed by atoms with Gasteiger partial charge in [-0.25, -0.2) is 0 Å². The predicted molar refractivity (Wildman–Crippen MR) is 62.3 cm³/mol. The smallest absolute Gasteiger partial charge is 0.118 e. The Labute approximate surface area is 94.3 Å². The van der Waals surface area contributed by atoms with Crippen LogP contribution in [0.3, 0.4) is 0 Å². The fraction of sp³-hybridized carbons (Fsp3) is 0.0769. The highest BCUT2D eigenvalue weighted by Crippen LogP contribution is 2.28. The molecule has 0 heterocycles. The molecule has 1 radical (unpaired) electrons. The van der Waals surface area contributed by atoms with E-state index in [9.17, 15) is 0 Å². The molecule has 0 saturated heterocycles. The Morgan fingerprint density at radius 2 is 1.87 bits per heavy atom. The van der Waals surface area contributed by atoms with Gasteiger partial charge in [0, 0.05) is 11.6 Å². The highest BCUT2D eigenvalue weighted by atomic mass is 35.5. The molecule has 0 spiro atoms. The number of halogens is 1. The van der Waals surface area contributed by atoms with Crippen molar-refractivity contribution in [2.45, 2.75) is 0 Å². The fourth-order valence-electron chi connectivity index (χ4n) is 1.41. The molecule has 0 saturated carbocycles.